The van der Waals surface area contributed by atoms with Gasteiger partial charge in [0.05, 0.1) is 5.75 Å². The van der Waals surface area contributed by atoms with E-state index in [9.17, 15) is 14.0 Å². The number of thioether (sulfide) groups is 1. The van der Waals surface area contributed by atoms with Crippen LogP contribution in [0.4, 0.5) is 4.39 Å². The van der Waals surface area contributed by atoms with Crippen LogP contribution in [0, 0.1) is 5.82 Å². The lowest BCUT2D eigenvalue weighted by Crippen LogP contribution is -2.44. The Hall–Kier alpha value is -1.60. The lowest BCUT2D eigenvalue weighted by atomic mass is 10.2. The Morgan fingerprint density at radius 3 is 2.79 bits per heavy atom. The van der Waals surface area contributed by atoms with Gasteiger partial charge in [0.25, 0.3) is 0 Å². The van der Waals surface area contributed by atoms with Crippen molar-refractivity contribution in [2.75, 3.05) is 32.6 Å². The third kappa shape index (κ3) is 4.27. The molecule has 7 heteroatoms. The van der Waals surface area contributed by atoms with Crippen molar-refractivity contribution >= 4 is 23.6 Å². The maximum Gasteiger partial charge on any atom is 0.248 e. The van der Waals surface area contributed by atoms with Crippen molar-refractivity contribution in [3.05, 3.63) is 35.6 Å². The number of methoxy groups -OCH3 is 1. The summed E-state index contributed by atoms with van der Waals surface area (Å²) in [7, 11) is 1.48. The van der Waals surface area contributed by atoms with Crippen LogP contribution >= 0.6 is 11.8 Å². The fourth-order valence-corrected chi connectivity index (χ4v) is 3.96. The van der Waals surface area contributed by atoms with E-state index in [1.165, 1.54) is 24.9 Å². The predicted octanol–water partition coefficient (Wildman–Crippen LogP) is 2.28. The molecule has 1 unspecified atom stereocenters. The standard InChI is InChI=1S/C17H23FN2O3S/c1-12(2)19(15(21)10-23-3)8-9-20-16(22)11-24-17(20)13-6-4-5-7-14(13)18/h4-7,12,17H,8-11H2,1-3H3. The van der Waals surface area contributed by atoms with Crippen LogP contribution in [0.5, 0.6) is 0 Å². The number of carbonyl (C=O) groups is 2. The molecule has 1 fully saturated rings. The molecule has 0 aromatic heterocycles. The summed E-state index contributed by atoms with van der Waals surface area (Å²) in [5, 5.41) is -0.342. The van der Waals surface area contributed by atoms with E-state index in [-0.39, 0.29) is 35.7 Å². The minimum Gasteiger partial charge on any atom is -0.375 e. The van der Waals surface area contributed by atoms with Crippen molar-refractivity contribution in [2.45, 2.75) is 25.3 Å². The van der Waals surface area contributed by atoms with E-state index >= 15 is 0 Å². The molecule has 0 radical (unpaired) electrons. The normalized spacial score (nSPS) is 17.6. The van der Waals surface area contributed by atoms with Gasteiger partial charge in [0.1, 0.15) is 17.8 Å². The molecule has 5 nitrogen and oxygen atoms in total. The van der Waals surface area contributed by atoms with Crippen LogP contribution in [0.1, 0.15) is 24.8 Å². The highest BCUT2D eigenvalue weighted by Crippen LogP contribution is 2.39. The topological polar surface area (TPSA) is 49.9 Å². The van der Waals surface area contributed by atoms with Crippen molar-refractivity contribution in [2.24, 2.45) is 0 Å². The van der Waals surface area contributed by atoms with Crippen LogP contribution in [0.2, 0.25) is 0 Å². The molecule has 1 aromatic carbocycles. The molecule has 1 aliphatic heterocycles. The summed E-state index contributed by atoms with van der Waals surface area (Å²) in [6.07, 6.45) is 0. The third-order valence-electron chi connectivity index (χ3n) is 3.93. The number of rotatable bonds is 7. The Labute approximate surface area is 146 Å². The molecule has 2 amide bonds. The number of hydrogen-bond acceptors (Lipinski definition) is 4. The molecular formula is C17H23FN2O3S. The fourth-order valence-electron chi connectivity index (χ4n) is 2.72. The van der Waals surface area contributed by atoms with Gasteiger partial charge in [0.15, 0.2) is 0 Å². The van der Waals surface area contributed by atoms with E-state index in [0.717, 1.165) is 0 Å². The Balaban J connectivity index is 2.09. The number of nitrogens with zero attached hydrogens (tertiary/aromatic N) is 2. The van der Waals surface area contributed by atoms with Crippen LogP contribution in [0.15, 0.2) is 24.3 Å². The highest BCUT2D eigenvalue weighted by molar-refractivity contribution is 8.00. The Bertz CT molecular complexity index is 597. The molecule has 1 aromatic rings. The summed E-state index contributed by atoms with van der Waals surface area (Å²) in [5.74, 6) is -0.136. The number of hydrogen-bond donors (Lipinski definition) is 0. The van der Waals surface area contributed by atoms with Crippen molar-refractivity contribution in [1.82, 2.24) is 9.80 Å². The van der Waals surface area contributed by atoms with Gasteiger partial charge in [-0.2, -0.15) is 0 Å². The van der Waals surface area contributed by atoms with Crippen molar-refractivity contribution < 1.29 is 18.7 Å². The largest absolute Gasteiger partial charge is 0.375 e. The molecule has 2 rings (SSSR count). The molecule has 1 atom stereocenters. The Morgan fingerprint density at radius 1 is 1.46 bits per heavy atom. The first-order chi connectivity index (χ1) is 11.5. The summed E-state index contributed by atoms with van der Waals surface area (Å²) in [6.45, 7) is 4.62. The van der Waals surface area contributed by atoms with Gasteiger partial charge in [0, 0.05) is 31.8 Å². The summed E-state index contributed by atoms with van der Waals surface area (Å²) in [5.41, 5.74) is 0.507. The van der Waals surface area contributed by atoms with E-state index in [0.29, 0.717) is 24.4 Å². The van der Waals surface area contributed by atoms with Crippen LogP contribution in [0.25, 0.3) is 0 Å². The fraction of sp³-hybridized carbons (Fsp3) is 0.529. The lowest BCUT2D eigenvalue weighted by Gasteiger charge is -2.31. The molecule has 1 saturated heterocycles. The summed E-state index contributed by atoms with van der Waals surface area (Å²) < 4.78 is 19.0. The molecule has 0 bridgehead atoms. The van der Waals surface area contributed by atoms with Crippen molar-refractivity contribution in [3.63, 3.8) is 0 Å². The molecule has 1 heterocycles. The first kappa shape index (κ1) is 18.7. The molecule has 0 spiro atoms. The summed E-state index contributed by atoms with van der Waals surface area (Å²) >= 11 is 1.41. The van der Waals surface area contributed by atoms with E-state index in [1.54, 1.807) is 28.0 Å². The molecule has 0 aliphatic carbocycles. The predicted molar refractivity (Wildman–Crippen MR) is 92.0 cm³/mol. The van der Waals surface area contributed by atoms with E-state index in [1.807, 2.05) is 13.8 Å². The minimum absolute atomic E-state index is 0.00456. The quantitative estimate of drug-likeness (QED) is 0.754. The van der Waals surface area contributed by atoms with Crippen LogP contribution < -0.4 is 0 Å². The summed E-state index contributed by atoms with van der Waals surface area (Å²) in [6, 6.07) is 6.51. The van der Waals surface area contributed by atoms with E-state index in [2.05, 4.69) is 0 Å². The average Bonchev–Trinajstić information content (AvgIpc) is 2.89. The van der Waals surface area contributed by atoms with Crippen LogP contribution in [-0.4, -0.2) is 60.2 Å². The molecule has 132 valence electrons. The van der Waals surface area contributed by atoms with E-state index < -0.39 is 0 Å². The Morgan fingerprint density at radius 2 is 2.17 bits per heavy atom. The van der Waals surface area contributed by atoms with Crippen molar-refractivity contribution in [1.29, 1.82) is 0 Å². The van der Waals surface area contributed by atoms with Gasteiger partial charge in [-0.25, -0.2) is 4.39 Å². The molecule has 0 N–H and O–H groups in total. The van der Waals surface area contributed by atoms with Gasteiger partial charge in [-0.05, 0) is 19.9 Å². The van der Waals surface area contributed by atoms with Gasteiger partial charge < -0.3 is 14.5 Å². The zero-order chi connectivity index (χ0) is 17.7. The van der Waals surface area contributed by atoms with Gasteiger partial charge >= 0.3 is 0 Å². The molecule has 24 heavy (non-hydrogen) atoms. The Kier molecular flexibility index (Phi) is 6.62. The van der Waals surface area contributed by atoms with Crippen LogP contribution in [-0.2, 0) is 14.3 Å². The maximum atomic E-state index is 14.1. The molecular weight excluding hydrogens is 331 g/mol. The second-order valence-electron chi connectivity index (χ2n) is 5.89. The lowest BCUT2D eigenvalue weighted by molar-refractivity contribution is -0.138. The van der Waals surface area contributed by atoms with Gasteiger partial charge in [-0.1, -0.05) is 18.2 Å². The van der Waals surface area contributed by atoms with Gasteiger partial charge in [-0.3, -0.25) is 9.59 Å². The SMILES string of the molecule is COCC(=O)N(CCN1C(=O)CSC1c1ccccc1F)C(C)C. The molecule has 0 saturated carbocycles. The second kappa shape index (κ2) is 8.48. The average molecular weight is 354 g/mol. The van der Waals surface area contributed by atoms with Gasteiger partial charge in [0.2, 0.25) is 11.8 Å². The zero-order valence-corrected chi connectivity index (χ0v) is 15.0. The minimum atomic E-state index is -0.342. The monoisotopic (exact) mass is 354 g/mol. The zero-order valence-electron chi connectivity index (χ0n) is 14.2. The first-order valence-electron chi connectivity index (χ1n) is 7.89. The number of halogens is 1. The number of ether oxygens (including phenoxy) is 1. The summed E-state index contributed by atoms with van der Waals surface area (Å²) in [4.78, 5) is 27.6. The first-order valence-corrected chi connectivity index (χ1v) is 8.94. The third-order valence-corrected chi connectivity index (χ3v) is 5.17. The number of benzene rings is 1. The van der Waals surface area contributed by atoms with Gasteiger partial charge in [-0.15, -0.1) is 11.8 Å². The smallest absolute Gasteiger partial charge is 0.248 e. The maximum absolute atomic E-state index is 14.1. The van der Waals surface area contributed by atoms with Crippen molar-refractivity contribution in [3.8, 4) is 0 Å². The number of carbonyl (C=O) groups excluding carboxylic acids is 2. The highest BCUT2D eigenvalue weighted by atomic mass is 32.2. The van der Waals surface area contributed by atoms with Crippen LogP contribution in [0.3, 0.4) is 0 Å². The number of amides is 2. The second-order valence-corrected chi connectivity index (χ2v) is 6.95. The van der Waals surface area contributed by atoms with E-state index in [4.69, 9.17) is 4.74 Å². The molecule has 1 aliphatic rings. The highest BCUT2D eigenvalue weighted by Gasteiger charge is 2.34.